The molecule has 1 aromatic carbocycles. The summed E-state index contributed by atoms with van der Waals surface area (Å²) in [6.07, 6.45) is 3.58. The minimum Gasteiger partial charge on any atom is -1.00 e. The Morgan fingerprint density at radius 3 is 2.44 bits per heavy atom. The first-order valence-corrected chi connectivity index (χ1v) is 5.60. The van der Waals surface area contributed by atoms with Gasteiger partial charge in [-0.3, -0.25) is 0 Å². The van der Waals surface area contributed by atoms with Crippen molar-refractivity contribution in [2.45, 2.75) is 19.3 Å². The third-order valence-electron chi connectivity index (χ3n) is 3.91. The molecule has 0 fully saturated rings. The topological polar surface area (TPSA) is 0 Å². The van der Waals surface area contributed by atoms with Crippen molar-refractivity contribution in [1.82, 2.24) is 4.48 Å². The number of nitrogens with zero attached hydrogens (tertiary/aromatic N) is 1. The summed E-state index contributed by atoms with van der Waals surface area (Å²) < 4.78 is 0.948. The molecule has 1 aliphatic heterocycles. The maximum absolute atomic E-state index is 2.38. The summed E-state index contributed by atoms with van der Waals surface area (Å²) >= 11 is 0. The molecule has 18 heavy (non-hydrogen) atoms. The van der Waals surface area contributed by atoms with E-state index in [9.17, 15) is 0 Å². The molecule has 0 bridgehead atoms. The van der Waals surface area contributed by atoms with Gasteiger partial charge in [0, 0.05) is 5.56 Å². The van der Waals surface area contributed by atoms with Crippen molar-refractivity contribution in [1.29, 1.82) is 0 Å². The number of halogens is 2. The second kappa shape index (κ2) is 6.03. The molecule has 0 saturated carbocycles. The van der Waals surface area contributed by atoms with Crippen LogP contribution in [-0.4, -0.2) is 14.1 Å². The molecule has 0 amide bonds. The minimum atomic E-state index is 0. The molecule has 0 saturated heterocycles. The quantitative estimate of drug-likeness (QED) is 0.276. The number of benzene rings is 1. The third-order valence-corrected chi connectivity index (χ3v) is 3.91. The van der Waals surface area contributed by atoms with E-state index in [1.807, 2.05) is 0 Å². The Balaban J connectivity index is 0.000000963. The van der Waals surface area contributed by atoms with E-state index in [0.29, 0.717) is 5.92 Å². The van der Waals surface area contributed by atoms with E-state index in [1.165, 1.54) is 23.2 Å². The van der Waals surface area contributed by atoms with Crippen molar-refractivity contribution in [3.8, 4) is 0 Å². The Labute approximate surface area is 137 Å². The average molecular weight is 318 g/mol. The average Bonchev–Trinajstić information content (AvgIpc) is 2.69. The summed E-state index contributed by atoms with van der Waals surface area (Å²) in [4.78, 5) is 0. The van der Waals surface area contributed by atoms with Crippen LogP contribution in [0.3, 0.4) is 0 Å². The van der Waals surface area contributed by atoms with Crippen molar-refractivity contribution in [3.05, 3.63) is 47.5 Å². The van der Waals surface area contributed by atoms with Crippen LogP contribution in [0, 0.1) is 6.42 Å². The van der Waals surface area contributed by atoms with E-state index in [0.717, 1.165) is 4.48 Å². The molecule has 0 radical (unpaired) electrons. The predicted molar refractivity (Wildman–Crippen MR) is 64.4 cm³/mol. The van der Waals surface area contributed by atoms with Gasteiger partial charge in [-0.05, 0) is 17.7 Å². The van der Waals surface area contributed by atoms with Crippen LogP contribution in [-0.2, 0) is 21.7 Å². The number of para-hydroxylation sites is 1. The SMILES string of the molecule is CC1=C2C(C[CH-]1)c1ccccc1[N+]2(C)C.[Cl-].[Cl-].[Ti+2]. The van der Waals surface area contributed by atoms with Gasteiger partial charge in [0.15, 0.2) is 0 Å². The van der Waals surface area contributed by atoms with Gasteiger partial charge in [-0.25, -0.2) is 6.42 Å². The summed E-state index contributed by atoms with van der Waals surface area (Å²) in [7, 11) is 4.60. The van der Waals surface area contributed by atoms with E-state index in [4.69, 9.17) is 0 Å². The van der Waals surface area contributed by atoms with Gasteiger partial charge in [0.25, 0.3) is 0 Å². The Kier molecular flexibility index (Phi) is 6.05. The molecule has 1 aliphatic carbocycles. The number of allylic oxidation sites excluding steroid dienone is 2. The second-order valence-corrected chi connectivity index (χ2v) is 5.07. The summed E-state index contributed by atoms with van der Waals surface area (Å²) in [5, 5.41) is 0. The fourth-order valence-corrected chi connectivity index (χ4v) is 3.31. The molecule has 1 heterocycles. The monoisotopic (exact) mass is 317 g/mol. The molecular formula is C14H17Cl2NTi. The normalized spacial score (nSPS) is 21.8. The molecule has 0 spiro atoms. The zero-order valence-corrected chi connectivity index (χ0v) is 13.9. The smallest absolute Gasteiger partial charge is 1.00 e. The Morgan fingerprint density at radius 1 is 1.17 bits per heavy atom. The molecule has 1 unspecified atom stereocenters. The van der Waals surface area contributed by atoms with Crippen molar-refractivity contribution < 1.29 is 46.5 Å². The summed E-state index contributed by atoms with van der Waals surface area (Å²) in [6.45, 7) is 2.25. The number of hydrogen-bond acceptors (Lipinski definition) is 0. The van der Waals surface area contributed by atoms with E-state index in [-0.39, 0.29) is 46.5 Å². The van der Waals surface area contributed by atoms with E-state index in [1.54, 1.807) is 5.70 Å². The van der Waals surface area contributed by atoms with Crippen molar-refractivity contribution in [2.24, 2.45) is 0 Å². The van der Waals surface area contributed by atoms with Gasteiger partial charge in [-0.2, -0.15) is 5.57 Å². The number of likely N-dealkylation sites (N-methyl/N-ethyl adjacent to an activating group) is 1. The predicted octanol–water partition coefficient (Wildman–Crippen LogP) is -2.76. The molecule has 0 aromatic heterocycles. The van der Waals surface area contributed by atoms with Gasteiger partial charge in [0.2, 0.25) is 0 Å². The molecule has 4 heteroatoms. The Bertz CT molecular complexity index is 469. The molecule has 2 aliphatic rings. The van der Waals surface area contributed by atoms with E-state index < -0.39 is 0 Å². The van der Waals surface area contributed by atoms with Gasteiger partial charge in [0.1, 0.15) is 5.69 Å². The van der Waals surface area contributed by atoms with Crippen LogP contribution in [0.2, 0.25) is 0 Å². The van der Waals surface area contributed by atoms with Gasteiger partial charge in [0.05, 0.1) is 14.1 Å². The fourth-order valence-electron chi connectivity index (χ4n) is 3.31. The van der Waals surface area contributed by atoms with Gasteiger partial charge in [-0.1, -0.05) is 25.1 Å². The molecular weight excluding hydrogens is 301 g/mol. The van der Waals surface area contributed by atoms with Gasteiger partial charge >= 0.3 is 21.7 Å². The zero-order valence-electron chi connectivity index (χ0n) is 10.9. The maximum Gasteiger partial charge on any atom is 2.00 e. The summed E-state index contributed by atoms with van der Waals surface area (Å²) in [5.74, 6) is 0.649. The molecule has 1 aromatic rings. The summed E-state index contributed by atoms with van der Waals surface area (Å²) in [6, 6.07) is 8.88. The van der Waals surface area contributed by atoms with E-state index >= 15 is 0 Å². The third kappa shape index (κ3) is 2.28. The zero-order chi connectivity index (χ0) is 10.6. The van der Waals surface area contributed by atoms with Crippen molar-refractivity contribution in [2.75, 3.05) is 14.1 Å². The van der Waals surface area contributed by atoms with E-state index in [2.05, 4.69) is 51.7 Å². The molecule has 1 nitrogen and oxygen atoms in total. The second-order valence-electron chi connectivity index (χ2n) is 5.07. The Morgan fingerprint density at radius 2 is 1.78 bits per heavy atom. The summed E-state index contributed by atoms with van der Waals surface area (Å²) in [5.41, 5.74) is 6.09. The number of rotatable bonds is 0. The van der Waals surface area contributed by atoms with Crippen molar-refractivity contribution in [3.63, 3.8) is 0 Å². The van der Waals surface area contributed by atoms with Crippen molar-refractivity contribution >= 4 is 5.69 Å². The minimum absolute atomic E-state index is 0. The molecule has 1 atom stereocenters. The first-order chi connectivity index (χ1) is 7.12. The van der Waals surface area contributed by atoms with Crippen LogP contribution >= 0.6 is 0 Å². The first kappa shape index (κ1) is 18.1. The number of hydrogen-bond donors (Lipinski definition) is 0. The van der Waals surface area contributed by atoms with Gasteiger partial charge < -0.3 is 29.3 Å². The number of fused-ring (bicyclic) bond motifs is 3. The van der Waals surface area contributed by atoms with Crippen LogP contribution in [0.25, 0.3) is 0 Å². The van der Waals surface area contributed by atoms with Crippen LogP contribution in [0.5, 0.6) is 0 Å². The van der Waals surface area contributed by atoms with Crippen LogP contribution < -0.4 is 29.3 Å². The van der Waals surface area contributed by atoms with Crippen LogP contribution in [0.4, 0.5) is 5.69 Å². The fraction of sp³-hybridized carbons (Fsp3) is 0.357. The van der Waals surface area contributed by atoms with Crippen LogP contribution in [0.1, 0.15) is 24.8 Å². The van der Waals surface area contributed by atoms with Crippen LogP contribution in [0.15, 0.2) is 35.5 Å². The number of quaternary nitrogens is 1. The molecule has 3 rings (SSSR count). The molecule has 0 N–H and O–H groups in total. The maximum atomic E-state index is 2.38. The first-order valence-electron chi connectivity index (χ1n) is 5.60. The molecule has 96 valence electrons. The Hall–Kier alpha value is 0.0843. The van der Waals surface area contributed by atoms with Gasteiger partial charge in [-0.15, -0.1) is 6.42 Å². The standard InChI is InChI=1S/C14H17N.2ClH.Ti/c1-10-8-9-12-11-6-4-5-7-13(11)15(2,3)14(10)12;;;/h4-8,12H,9H2,1-3H3;2*1H;/q;;;+2/p-2. The largest absolute Gasteiger partial charge is 2.00 e.